The van der Waals surface area contributed by atoms with Crippen LogP contribution < -0.4 is 0 Å². The molecule has 1 atom stereocenters. The molecule has 8 heteroatoms. The maximum Gasteiger partial charge on any atom is 0.269 e. The molecule has 0 radical (unpaired) electrons. The summed E-state index contributed by atoms with van der Waals surface area (Å²) >= 11 is 0. The van der Waals surface area contributed by atoms with Crippen LogP contribution >= 0.6 is 0 Å². The highest BCUT2D eigenvalue weighted by Crippen LogP contribution is 2.19. The lowest BCUT2D eigenvalue weighted by molar-refractivity contribution is -0.385. The fraction of sp³-hybridized carbons (Fsp3) is 0.368. The van der Waals surface area contributed by atoms with Crippen LogP contribution in [0.3, 0.4) is 0 Å². The highest BCUT2D eigenvalue weighted by Gasteiger charge is 2.24. The average Bonchev–Trinajstić information content (AvgIpc) is 2.65. The molecule has 0 bridgehead atoms. The van der Waals surface area contributed by atoms with E-state index in [1.54, 1.807) is 24.3 Å². The zero-order valence-electron chi connectivity index (χ0n) is 15.2. The van der Waals surface area contributed by atoms with Gasteiger partial charge in [0.15, 0.2) is 0 Å². The fourth-order valence-electron chi connectivity index (χ4n) is 3.39. The van der Waals surface area contributed by atoms with Crippen molar-refractivity contribution in [2.75, 3.05) is 19.6 Å². The molecule has 142 valence electrons. The Labute approximate surface area is 157 Å². The minimum absolute atomic E-state index is 0.111. The number of hydrogen-bond donors (Lipinski definition) is 0. The number of benzene rings is 2. The first-order valence-electron chi connectivity index (χ1n) is 8.85. The van der Waals surface area contributed by atoms with Crippen molar-refractivity contribution in [3.63, 3.8) is 0 Å². The summed E-state index contributed by atoms with van der Waals surface area (Å²) in [6.45, 7) is 6.44. The molecule has 1 aliphatic heterocycles. The second kappa shape index (κ2) is 8.24. The summed E-state index contributed by atoms with van der Waals surface area (Å²) in [7, 11) is 0. The van der Waals surface area contributed by atoms with Gasteiger partial charge in [-0.25, -0.2) is 0 Å². The number of nitro benzene ring substituents is 2. The molecule has 1 aliphatic rings. The lowest BCUT2D eigenvalue weighted by Gasteiger charge is -2.40. The van der Waals surface area contributed by atoms with Crippen LogP contribution in [0.1, 0.15) is 18.1 Å². The number of nitro groups is 2. The quantitative estimate of drug-likeness (QED) is 0.573. The van der Waals surface area contributed by atoms with E-state index in [1.807, 2.05) is 24.3 Å². The zero-order valence-corrected chi connectivity index (χ0v) is 15.2. The predicted octanol–water partition coefficient (Wildman–Crippen LogP) is 3.21. The lowest BCUT2D eigenvalue weighted by Crippen LogP contribution is -2.50. The molecule has 1 saturated heterocycles. The van der Waals surface area contributed by atoms with Crippen molar-refractivity contribution in [3.05, 3.63) is 79.9 Å². The van der Waals surface area contributed by atoms with E-state index >= 15 is 0 Å². The zero-order chi connectivity index (χ0) is 19.4. The van der Waals surface area contributed by atoms with Crippen molar-refractivity contribution in [1.29, 1.82) is 0 Å². The first-order valence-corrected chi connectivity index (χ1v) is 8.85. The number of piperazine rings is 1. The van der Waals surface area contributed by atoms with E-state index < -0.39 is 0 Å². The Bertz CT molecular complexity index is 807. The van der Waals surface area contributed by atoms with Gasteiger partial charge in [0.2, 0.25) is 0 Å². The van der Waals surface area contributed by atoms with Crippen molar-refractivity contribution in [2.45, 2.75) is 26.1 Å². The van der Waals surface area contributed by atoms with Gasteiger partial charge in [-0.1, -0.05) is 24.3 Å². The van der Waals surface area contributed by atoms with E-state index in [0.29, 0.717) is 6.04 Å². The van der Waals surface area contributed by atoms with Crippen LogP contribution in [0.25, 0.3) is 0 Å². The van der Waals surface area contributed by atoms with E-state index in [2.05, 4.69) is 16.7 Å². The third kappa shape index (κ3) is 4.87. The number of rotatable bonds is 6. The van der Waals surface area contributed by atoms with Crippen LogP contribution in [-0.2, 0) is 13.1 Å². The Kier molecular flexibility index (Phi) is 5.78. The lowest BCUT2D eigenvalue weighted by atomic mass is 10.1. The van der Waals surface area contributed by atoms with Gasteiger partial charge in [-0.3, -0.25) is 30.0 Å². The number of nitrogens with zero attached hydrogens (tertiary/aromatic N) is 4. The van der Waals surface area contributed by atoms with E-state index in [1.165, 1.54) is 0 Å². The molecule has 0 saturated carbocycles. The highest BCUT2D eigenvalue weighted by molar-refractivity contribution is 5.33. The second-order valence-corrected chi connectivity index (χ2v) is 6.90. The smallest absolute Gasteiger partial charge is 0.269 e. The van der Waals surface area contributed by atoms with E-state index in [-0.39, 0.29) is 21.2 Å². The van der Waals surface area contributed by atoms with Gasteiger partial charge >= 0.3 is 0 Å². The van der Waals surface area contributed by atoms with Crippen LogP contribution in [0.15, 0.2) is 48.5 Å². The Morgan fingerprint density at radius 3 is 1.78 bits per heavy atom. The van der Waals surface area contributed by atoms with Gasteiger partial charge in [0.05, 0.1) is 9.85 Å². The Balaban J connectivity index is 1.54. The maximum atomic E-state index is 10.7. The van der Waals surface area contributed by atoms with Gasteiger partial charge in [0.25, 0.3) is 11.4 Å². The molecule has 1 fully saturated rings. The first kappa shape index (κ1) is 18.9. The molecule has 0 spiro atoms. The minimum Gasteiger partial charge on any atom is -0.296 e. The van der Waals surface area contributed by atoms with Gasteiger partial charge in [-0.2, -0.15) is 0 Å². The molecule has 2 aromatic rings. The summed E-state index contributed by atoms with van der Waals surface area (Å²) in [4.78, 5) is 25.4. The van der Waals surface area contributed by atoms with E-state index in [4.69, 9.17) is 0 Å². The molecule has 0 aromatic heterocycles. The molecular formula is C19H22N4O4. The van der Waals surface area contributed by atoms with E-state index in [0.717, 1.165) is 43.9 Å². The molecule has 2 aromatic carbocycles. The van der Waals surface area contributed by atoms with Gasteiger partial charge in [0, 0.05) is 63.0 Å². The van der Waals surface area contributed by atoms with Crippen molar-refractivity contribution >= 4 is 11.4 Å². The summed E-state index contributed by atoms with van der Waals surface area (Å²) in [5, 5.41) is 21.5. The molecule has 27 heavy (non-hydrogen) atoms. The van der Waals surface area contributed by atoms with Crippen LogP contribution in [0, 0.1) is 20.2 Å². The van der Waals surface area contributed by atoms with Gasteiger partial charge in [0.1, 0.15) is 0 Å². The third-order valence-corrected chi connectivity index (χ3v) is 4.94. The minimum atomic E-state index is -0.386. The SMILES string of the molecule is CC1CN(Cc2ccc([N+](=O)[O-])cc2)CCN1Cc1ccc([N+](=O)[O-])cc1. The topological polar surface area (TPSA) is 92.8 Å². The summed E-state index contributed by atoms with van der Waals surface area (Å²) < 4.78 is 0. The Morgan fingerprint density at radius 1 is 0.852 bits per heavy atom. The van der Waals surface area contributed by atoms with Crippen LogP contribution in [0.4, 0.5) is 11.4 Å². The second-order valence-electron chi connectivity index (χ2n) is 6.90. The normalized spacial score (nSPS) is 18.3. The van der Waals surface area contributed by atoms with Crippen molar-refractivity contribution in [2.24, 2.45) is 0 Å². The standard InChI is InChI=1S/C19H22N4O4/c1-15-12-20(13-16-2-6-18(7-3-16)22(24)25)10-11-21(15)14-17-4-8-19(9-5-17)23(26)27/h2-9,15H,10-14H2,1H3. The predicted molar refractivity (Wildman–Crippen MR) is 101 cm³/mol. The average molecular weight is 370 g/mol. The maximum absolute atomic E-state index is 10.7. The van der Waals surface area contributed by atoms with Gasteiger partial charge in [-0.15, -0.1) is 0 Å². The largest absolute Gasteiger partial charge is 0.296 e. The summed E-state index contributed by atoms with van der Waals surface area (Å²) in [6.07, 6.45) is 0. The number of hydrogen-bond acceptors (Lipinski definition) is 6. The van der Waals surface area contributed by atoms with Crippen molar-refractivity contribution in [1.82, 2.24) is 9.80 Å². The molecule has 0 amide bonds. The molecule has 1 heterocycles. The van der Waals surface area contributed by atoms with Crippen molar-refractivity contribution < 1.29 is 9.85 Å². The van der Waals surface area contributed by atoms with E-state index in [9.17, 15) is 20.2 Å². The van der Waals surface area contributed by atoms with Crippen molar-refractivity contribution in [3.8, 4) is 0 Å². The van der Waals surface area contributed by atoms with Gasteiger partial charge in [-0.05, 0) is 18.1 Å². The molecule has 8 nitrogen and oxygen atoms in total. The Hall–Kier alpha value is -2.84. The fourth-order valence-corrected chi connectivity index (χ4v) is 3.39. The van der Waals surface area contributed by atoms with Gasteiger partial charge < -0.3 is 0 Å². The molecular weight excluding hydrogens is 348 g/mol. The van der Waals surface area contributed by atoms with Crippen LogP contribution in [0.5, 0.6) is 0 Å². The Morgan fingerprint density at radius 2 is 1.33 bits per heavy atom. The molecule has 0 aliphatic carbocycles. The summed E-state index contributed by atoms with van der Waals surface area (Å²) in [5.41, 5.74) is 2.35. The molecule has 0 N–H and O–H groups in total. The number of non-ortho nitro benzene ring substituents is 2. The monoisotopic (exact) mass is 370 g/mol. The molecule has 3 rings (SSSR count). The summed E-state index contributed by atoms with van der Waals surface area (Å²) in [6, 6.07) is 13.8. The third-order valence-electron chi connectivity index (χ3n) is 4.94. The van der Waals surface area contributed by atoms with Crippen LogP contribution in [0.2, 0.25) is 0 Å². The summed E-state index contributed by atoms with van der Waals surface area (Å²) in [5.74, 6) is 0. The highest BCUT2D eigenvalue weighted by atomic mass is 16.6. The first-order chi connectivity index (χ1) is 12.9. The molecule has 1 unspecified atom stereocenters. The van der Waals surface area contributed by atoms with Crippen LogP contribution in [-0.4, -0.2) is 45.3 Å².